The van der Waals surface area contributed by atoms with Crippen molar-refractivity contribution in [3.8, 4) is 0 Å². The molecule has 6 heteroatoms. The minimum Gasteiger partial charge on any atom is -0.444 e. The molecule has 2 N–H and O–H groups in total. The van der Waals surface area contributed by atoms with Crippen LogP contribution in [0, 0.1) is 0 Å². The number of amides is 2. The van der Waals surface area contributed by atoms with Crippen LogP contribution in [0.25, 0.3) is 10.9 Å². The van der Waals surface area contributed by atoms with Gasteiger partial charge in [0, 0.05) is 29.1 Å². The summed E-state index contributed by atoms with van der Waals surface area (Å²) >= 11 is 0. The van der Waals surface area contributed by atoms with Crippen molar-refractivity contribution in [2.75, 3.05) is 0 Å². The number of hydrogen-bond acceptors (Lipinski definition) is 3. The molecule has 0 radical (unpaired) electrons. The Morgan fingerprint density at radius 1 is 1.31 bits per heavy atom. The second kappa shape index (κ2) is 6.67. The highest BCUT2D eigenvalue weighted by molar-refractivity contribution is 5.90. The number of aromatic amines is 1. The van der Waals surface area contributed by atoms with E-state index in [-0.39, 0.29) is 11.9 Å². The Balaban J connectivity index is 1.95. The van der Waals surface area contributed by atoms with Gasteiger partial charge < -0.3 is 19.9 Å². The molecule has 0 saturated heterocycles. The molecule has 6 nitrogen and oxygen atoms in total. The molecule has 3 rings (SSSR count). The predicted octanol–water partition coefficient (Wildman–Crippen LogP) is 3.35. The van der Waals surface area contributed by atoms with E-state index in [1.54, 1.807) is 25.7 Å². The molecule has 1 aromatic heterocycles. The van der Waals surface area contributed by atoms with Crippen molar-refractivity contribution in [1.82, 2.24) is 15.2 Å². The van der Waals surface area contributed by atoms with Crippen molar-refractivity contribution in [1.29, 1.82) is 0 Å². The molecule has 1 aromatic carbocycles. The van der Waals surface area contributed by atoms with Gasteiger partial charge in [0.2, 0.25) is 5.91 Å². The standard InChI is InChI=1S/C20H27N3O3/c1-12(2)23-11-17-14(13-8-6-7-9-15(13)21-17)10-16(18(23)24)22-19(25)26-20(3,4)5/h6-9,12,16,21H,10-11H2,1-5H3,(H,22,25)/t16-/m0/s1. The molecule has 0 aliphatic carbocycles. The van der Waals surface area contributed by atoms with E-state index in [9.17, 15) is 9.59 Å². The number of alkyl carbamates (subject to hydrolysis) is 1. The highest BCUT2D eigenvalue weighted by atomic mass is 16.6. The van der Waals surface area contributed by atoms with Crippen molar-refractivity contribution < 1.29 is 14.3 Å². The van der Waals surface area contributed by atoms with Crippen LogP contribution in [0.15, 0.2) is 24.3 Å². The molecule has 2 aromatic rings. The molecule has 26 heavy (non-hydrogen) atoms. The van der Waals surface area contributed by atoms with E-state index >= 15 is 0 Å². The highest BCUT2D eigenvalue weighted by Crippen LogP contribution is 2.28. The summed E-state index contributed by atoms with van der Waals surface area (Å²) in [6.45, 7) is 9.89. The van der Waals surface area contributed by atoms with Gasteiger partial charge in [-0.15, -0.1) is 0 Å². The number of rotatable bonds is 2. The van der Waals surface area contributed by atoms with Gasteiger partial charge in [-0.05, 0) is 46.2 Å². The molecule has 0 bridgehead atoms. The second-order valence-electron chi connectivity index (χ2n) is 8.09. The molecule has 1 aliphatic heterocycles. The van der Waals surface area contributed by atoms with Gasteiger partial charge >= 0.3 is 6.09 Å². The number of aromatic nitrogens is 1. The van der Waals surface area contributed by atoms with E-state index in [1.807, 2.05) is 38.1 Å². The summed E-state index contributed by atoms with van der Waals surface area (Å²) in [6.07, 6.45) is -0.122. The Hall–Kier alpha value is -2.50. The Bertz CT molecular complexity index is 832. The van der Waals surface area contributed by atoms with Crippen LogP contribution >= 0.6 is 0 Å². The number of ether oxygens (including phenoxy) is 1. The predicted molar refractivity (Wildman–Crippen MR) is 101 cm³/mol. The third-order valence-corrected chi connectivity index (χ3v) is 4.53. The number of carbonyl (C=O) groups is 2. The zero-order valence-corrected chi connectivity index (χ0v) is 16.1. The Morgan fingerprint density at radius 3 is 2.65 bits per heavy atom. The minimum atomic E-state index is -0.646. The van der Waals surface area contributed by atoms with E-state index in [0.29, 0.717) is 13.0 Å². The van der Waals surface area contributed by atoms with E-state index in [1.165, 1.54) is 0 Å². The van der Waals surface area contributed by atoms with Crippen molar-refractivity contribution in [2.24, 2.45) is 0 Å². The topological polar surface area (TPSA) is 74.4 Å². The van der Waals surface area contributed by atoms with Gasteiger partial charge in [0.15, 0.2) is 0 Å². The fraction of sp³-hybridized carbons (Fsp3) is 0.500. The molecule has 0 spiro atoms. The molecule has 0 saturated carbocycles. The molecule has 1 aliphatic rings. The third-order valence-electron chi connectivity index (χ3n) is 4.53. The molecule has 2 amide bonds. The second-order valence-corrected chi connectivity index (χ2v) is 8.09. The molecular weight excluding hydrogens is 330 g/mol. The number of nitrogens with one attached hydrogen (secondary N) is 2. The Labute approximate surface area is 153 Å². The van der Waals surface area contributed by atoms with E-state index in [0.717, 1.165) is 22.2 Å². The van der Waals surface area contributed by atoms with Gasteiger partial charge in [0.05, 0.1) is 6.54 Å². The summed E-state index contributed by atoms with van der Waals surface area (Å²) in [5, 5.41) is 3.87. The minimum absolute atomic E-state index is 0.0304. The number of H-pyrrole nitrogens is 1. The first-order chi connectivity index (χ1) is 12.2. The molecule has 0 fully saturated rings. The van der Waals surface area contributed by atoms with Crippen molar-refractivity contribution in [3.63, 3.8) is 0 Å². The smallest absolute Gasteiger partial charge is 0.408 e. The zero-order chi connectivity index (χ0) is 19.1. The largest absolute Gasteiger partial charge is 0.444 e. The summed E-state index contributed by atoms with van der Waals surface area (Å²) < 4.78 is 5.35. The van der Waals surface area contributed by atoms with Crippen LogP contribution in [-0.4, -0.2) is 39.6 Å². The first kappa shape index (κ1) is 18.3. The van der Waals surface area contributed by atoms with E-state index < -0.39 is 17.7 Å². The molecule has 140 valence electrons. The van der Waals surface area contributed by atoms with Crippen LogP contribution in [0.2, 0.25) is 0 Å². The van der Waals surface area contributed by atoms with E-state index in [4.69, 9.17) is 4.74 Å². The average molecular weight is 357 g/mol. The van der Waals surface area contributed by atoms with Crippen LogP contribution in [0.1, 0.15) is 45.9 Å². The fourth-order valence-electron chi connectivity index (χ4n) is 3.36. The summed E-state index contributed by atoms with van der Waals surface area (Å²) in [7, 11) is 0. The summed E-state index contributed by atoms with van der Waals surface area (Å²) in [5.74, 6) is -0.0838. The lowest BCUT2D eigenvalue weighted by Gasteiger charge is -2.29. The number of nitrogens with zero attached hydrogens (tertiary/aromatic N) is 1. The highest BCUT2D eigenvalue weighted by Gasteiger charge is 2.34. The number of para-hydroxylation sites is 1. The van der Waals surface area contributed by atoms with Gasteiger partial charge in [0.1, 0.15) is 11.6 Å². The fourth-order valence-corrected chi connectivity index (χ4v) is 3.36. The molecule has 2 heterocycles. The van der Waals surface area contributed by atoms with Crippen LogP contribution in [0.4, 0.5) is 4.79 Å². The van der Waals surface area contributed by atoms with Gasteiger partial charge in [-0.2, -0.15) is 0 Å². The molecule has 0 unspecified atom stereocenters. The van der Waals surface area contributed by atoms with Gasteiger partial charge in [-0.1, -0.05) is 18.2 Å². The number of fused-ring (bicyclic) bond motifs is 3. The SMILES string of the molecule is CC(C)N1Cc2[nH]c3ccccc3c2C[C@H](NC(=O)OC(C)(C)C)C1=O. The first-order valence-electron chi connectivity index (χ1n) is 9.04. The van der Waals surface area contributed by atoms with Crippen LogP contribution < -0.4 is 5.32 Å². The molecule has 1 atom stereocenters. The maximum Gasteiger partial charge on any atom is 0.408 e. The van der Waals surface area contributed by atoms with Crippen molar-refractivity contribution in [3.05, 3.63) is 35.5 Å². The maximum absolute atomic E-state index is 13.0. The quantitative estimate of drug-likeness (QED) is 0.865. The third kappa shape index (κ3) is 3.69. The molecular formula is C20H27N3O3. The van der Waals surface area contributed by atoms with Gasteiger partial charge in [0.25, 0.3) is 0 Å². The van der Waals surface area contributed by atoms with Crippen LogP contribution in [-0.2, 0) is 22.5 Å². The summed E-state index contributed by atoms with van der Waals surface area (Å²) in [6, 6.07) is 7.43. The summed E-state index contributed by atoms with van der Waals surface area (Å²) in [4.78, 5) is 30.5. The first-order valence-corrected chi connectivity index (χ1v) is 9.04. The summed E-state index contributed by atoms with van der Waals surface area (Å²) in [5.41, 5.74) is 2.55. The van der Waals surface area contributed by atoms with Gasteiger partial charge in [-0.3, -0.25) is 4.79 Å². The lowest BCUT2D eigenvalue weighted by atomic mass is 10.0. The number of benzene rings is 1. The van der Waals surface area contributed by atoms with Crippen molar-refractivity contribution in [2.45, 2.75) is 65.3 Å². The average Bonchev–Trinajstić information content (AvgIpc) is 2.80. The van der Waals surface area contributed by atoms with Crippen LogP contribution in [0.5, 0.6) is 0 Å². The number of carbonyl (C=O) groups excluding carboxylic acids is 2. The monoisotopic (exact) mass is 357 g/mol. The normalized spacial score (nSPS) is 18.0. The maximum atomic E-state index is 13.0. The van der Waals surface area contributed by atoms with E-state index in [2.05, 4.69) is 10.3 Å². The zero-order valence-electron chi connectivity index (χ0n) is 16.1. The Morgan fingerprint density at radius 2 is 2.00 bits per heavy atom. The van der Waals surface area contributed by atoms with Crippen LogP contribution in [0.3, 0.4) is 0 Å². The van der Waals surface area contributed by atoms with Gasteiger partial charge in [-0.25, -0.2) is 4.79 Å². The lowest BCUT2D eigenvalue weighted by Crippen LogP contribution is -2.51. The van der Waals surface area contributed by atoms with Crippen molar-refractivity contribution >= 4 is 22.9 Å². The number of hydrogen-bond donors (Lipinski definition) is 2. The Kier molecular flexibility index (Phi) is 4.69. The lowest BCUT2D eigenvalue weighted by molar-refractivity contribution is -0.135.